The summed E-state index contributed by atoms with van der Waals surface area (Å²) in [7, 11) is 0. The summed E-state index contributed by atoms with van der Waals surface area (Å²) >= 11 is 1.94. The molecule has 2 rings (SSSR count). The summed E-state index contributed by atoms with van der Waals surface area (Å²) in [5.74, 6) is -0.480. The van der Waals surface area contributed by atoms with Crippen molar-refractivity contribution < 1.29 is 4.79 Å². The molecule has 19 heavy (non-hydrogen) atoms. The smallest absolute Gasteiger partial charge is 0.250 e. The molecule has 0 aliphatic heterocycles. The topological polar surface area (TPSA) is 81.1 Å². The lowest BCUT2D eigenvalue weighted by molar-refractivity contribution is 0.100. The predicted octanol–water partition coefficient (Wildman–Crippen LogP) is 2.45. The molecule has 4 nitrogen and oxygen atoms in total. The average molecular weight is 279 g/mol. The Balaban J connectivity index is 2.06. The van der Waals surface area contributed by atoms with Gasteiger partial charge in [0.2, 0.25) is 0 Å². The summed E-state index contributed by atoms with van der Waals surface area (Å²) in [5.41, 5.74) is 12.8. The highest BCUT2D eigenvalue weighted by molar-refractivity contribution is 7.99. The first-order valence-electron chi connectivity index (χ1n) is 6.59. The van der Waals surface area contributed by atoms with E-state index in [0.717, 1.165) is 17.4 Å². The fraction of sp³-hybridized carbons (Fsp3) is 0.500. The molecule has 5 N–H and O–H groups in total. The lowest BCUT2D eigenvalue weighted by Gasteiger charge is -2.29. The molecule has 0 spiro atoms. The molecule has 1 fully saturated rings. The molecule has 1 saturated carbocycles. The third-order valence-electron chi connectivity index (χ3n) is 3.65. The van der Waals surface area contributed by atoms with Crippen LogP contribution in [0.5, 0.6) is 0 Å². The predicted molar refractivity (Wildman–Crippen MR) is 82.6 cm³/mol. The number of carbonyl (C=O) groups excluding carboxylic acids is 1. The monoisotopic (exact) mass is 279 g/mol. The molecule has 1 amide bonds. The van der Waals surface area contributed by atoms with E-state index in [2.05, 4.69) is 11.6 Å². The van der Waals surface area contributed by atoms with Gasteiger partial charge in [0.05, 0.1) is 5.56 Å². The number of nitrogens with two attached hydrogens (primary N) is 2. The van der Waals surface area contributed by atoms with E-state index < -0.39 is 5.91 Å². The maximum absolute atomic E-state index is 11.3. The number of carbonyl (C=O) groups is 1. The van der Waals surface area contributed by atoms with E-state index >= 15 is 0 Å². The maximum Gasteiger partial charge on any atom is 0.250 e. The number of nitrogen functional groups attached to an aromatic ring is 1. The third kappa shape index (κ3) is 3.56. The van der Waals surface area contributed by atoms with E-state index in [4.69, 9.17) is 11.5 Å². The van der Waals surface area contributed by atoms with Gasteiger partial charge in [-0.1, -0.05) is 6.42 Å². The second-order valence-corrected chi connectivity index (χ2v) is 6.17. The van der Waals surface area contributed by atoms with Gasteiger partial charge in [-0.15, -0.1) is 0 Å². The first-order valence-corrected chi connectivity index (χ1v) is 7.87. The van der Waals surface area contributed by atoms with Crippen molar-refractivity contribution in [2.24, 2.45) is 5.73 Å². The van der Waals surface area contributed by atoms with Crippen molar-refractivity contribution in [3.05, 3.63) is 23.8 Å². The van der Waals surface area contributed by atoms with Crippen LogP contribution in [0.4, 0.5) is 11.4 Å². The average Bonchev–Trinajstić information content (AvgIpc) is 2.41. The van der Waals surface area contributed by atoms with Gasteiger partial charge in [-0.2, -0.15) is 11.8 Å². The number of thioether (sulfide) groups is 1. The Morgan fingerprint density at radius 1 is 1.42 bits per heavy atom. The van der Waals surface area contributed by atoms with Gasteiger partial charge < -0.3 is 16.8 Å². The van der Waals surface area contributed by atoms with Gasteiger partial charge in [0.15, 0.2) is 0 Å². The second kappa shape index (κ2) is 6.19. The fourth-order valence-corrected chi connectivity index (χ4v) is 3.41. The van der Waals surface area contributed by atoms with Crippen LogP contribution in [0.1, 0.15) is 36.0 Å². The molecule has 2 unspecified atom stereocenters. The lowest BCUT2D eigenvalue weighted by Crippen LogP contribution is -2.28. The first-order chi connectivity index (χ1) is 9.10. The van der Waals surface area contributed by atoms with Crippen molar-refractivity contribution in [2.75, 3.05) is 17.3 Å². The maximum atomic E-state index is 11.3. The molecule has 2 atom stereocenters. The van der Waals surface area contributed by atoms with Crippen molar-refractivity contribution in [3.8, 4) is 0 Å². The van der Waals surface area contributed by atoms with Crippen LogP contribution in [-0.2, 0) is 0 Å². The van der Waals surface area contributed by atoms with E-state index in [1.165, 1.54) is 19.3 Å². The minimum Gasteiger partial charge on any atom is -0.398 e. The number of primary amides is 1. The van der Waals surface area contributed by atoms with Gasteiger partial charge in [-0.05, 0) is 43.7 Å². The molecule has 104 valence electrons. The summed E-state index contributed by atoms with van der Waals surface area (Å²) < 4.78 is 0. The van der Waals surface area contributed by atoms with Crippen molar-refractivity contribution >= 4 is 29.0 Å². The van der Waals surface area contributed by atoms with Crippen LogP contribution in [-0.4, -0.2) is 23.5 Å². The van der Waals surface area contributed by atoms with Gasteiger partial charge in [0, 0.05) is 22.7 Å². The van der Waals surface area contributed by atoms with Gasteiger partial charge in [-0.3, -0.25) is 4.79 Å². The van der Waals surface area contributed by atoms with E-state index in [0.29, 0.717) is 17.3 Å². The molecular weight excluding hydrogens is 258 g/mol. The summed E-state index contributed by atoms with van der Waals surface area (Å²) in [5, 5.41) is 4.22. The van der Waals surface area contributed by atoms with E-state index in [1.54, 1.807) is 12.1 Å². The summed E-state index contributed by atoms with van der Waals surface area (Å²) in [4.78, 5) is 11.3. The number of rotatable bonds is 4. The number of nitrogens with one attached hydrogen (secondary N) is 1. The fourth-order valence-electron chi connectivity index (χ4n) is 2.59. The second-order valence-electron chi connectivity index (χ2n) is 5.03. The molecule has 0 aromatic heterocycles. The minimum absolute atomic E-state index is 0.391. The molecule has 0 radical (unpaired) electrons. The molecule has 0 saturated heterocycles. The molecule has 1 aliphatic carbocycles. The van der Waals surface area contributed by atoms with Gasteiger partial charge in [-0.25, -0.2) is 0 Å². The van der Waals surface area contributed by atoms with E-state index in [-0.39, 0.29) is 0 Å². The van der Waals surface area contributed by atoms with Crippen LogP contribution in [0.2, 0.25) is 0 Å². The van der Waals surface area contributed by atoms with Crippen molar-refractivity contribution in [1.29, 1.82) is 0 Å². The summed E-state index contributed by atoms with van der Waals surface area (Å²) in [6.45, 7) is 0. The lowest BCUT2D eigenvalue weighted by atomic mass is 9.94. The molecule has 0 heterocycles. The van der Waals surface area contributed by atoms with Crippen molar-refractivity contribution in [1.82, 2.24) is 0 Å². The van der Waals surface area contributed by atoms with E-state index in [1.807, 2.05) is 17.8 Å². The standard InChI is InChI=1S/C14H21N3OS/c1-19-11-4-2-3-9(7-11)17-10-5-6-13(15)12(8-10)14(16)18/h5-6,8-9,11,17H,2-4,7,15H2,1H3,(H2,16,18). The van der Waals surface area contributed by atoms with Crippen LogP contribution in [0.15, 0.2) is 18.2 Å². The number of amides is 1. The Labute approximate surface area is 118 Å². The molecule has 1 aliphatic rings. The highest BCUT2D eigenvalue weighted by Crippen LogP contribution is 2.29. The quantitative estimate of drug-likeness (QED) is 0.739. The van der Waals surface area contributed by atoms with Gasteiger partial charge in [0.1, 0.15) is 0 Å². The minimum atomic E-state index is -0.480. The molecule has 0 bridgehead atoms. The highest BCUT2D eigenvalue weighted by atomic mass is 32.2. The first kappa shape index (κ1) is 14.1. The number of anilines is 2. The largest absolute Gasteiger partial charge is 0.398 e. The van der Waals surface area contributed by atoms with Crippen molar-refractivity contribution in [2.45, 2.75) is 37.0 Å². The Kier molecular flexibility index (Phi) is 4.58. The van der Waals surface area contributed by atoms with Gasteiger partial charge in [0.25, 0.3) is 5.91 Å². The van der Waals surface area contributed by atoms with Gasteiger partial charge >= 0.3 is 0 Å². The molecule has 1 aromatic rings. The Hall–Kier alpha value is -1.36. The Morgan fingerprint density at radius 2 is 2.21 bits per heavy atom. The normalized spacial score (nSPS) is 23.0. The van der Waals surface area contributed by atoms with Crippen LogP contribution < -0.4 is 16.8 Å². The molecule has 1 aromatic carbocycles. The molecule has 5 heteroatoms. The van der Waals surface area contributed by atoms with Crippen LogP contribution >= 0.6 is 11.8 Å². The highest BCUT2D eigenvalue weighted by Gasteiger charge is 2.21. The summed E-state index contributed by atoms with van der Waals surface area (Å²) in [6, 6.07) is 5.86. The van der Waals surface area contributed by atoms with Crippen LogP contribution in [0.25, 0.3) is 0 Å². The Morgan fingerprint density at radius 3 is 2.89 bits per heavy atom. The van der Waals surface area contributed by atoms with Crippen molar-refractivity contribution in [3.63, 3.8) is 0 Å². The number of benzene rings is 1. The van der Waals surface area contributed by atoms with Crippen LogP contribution in [0, 0.1) is 0 Å². The zero-order chi connectivity index (χ0) is 13.8. The number of hydrogen-bond acceptors (Lipinski definition) is 4. The zero-order valence-electron chi connectivity index (χ0n) is 11.2. The van der Waals surface area contributed by atoms with E-state index in [9.17, 15) is 4.79 Å². The number of hydrogen-bond donors (Lipinski definition) is 3. The SMILES string of the molecule is CSC1CCCC(Nc2ccc(N)c(C(N)=O)c2)C1. The molecular formula is C14H21N3OS. The third-order valence-corrected chi connectivity index (χ3v) is 4.74. The zero-order valence-corrected chi connectivity index (χ0v) is 12.0. The van der Waals surface area contributed by atoms with Crippen LogP contribution in [0.3, 0.4) is 0 Å². The Bertz CT molecular complexity index is 464. The summed E-state index contributed by atoms with van der Waals surface area (Å²) in [6.07, 6.45) is 7.06.